The van der Waals surface area contributed by atoms with Crippen LogP contribution in [0.2, 0.25) is 5.02 Å². The minimum atomic E-state index is -0.317. The Labute approximate surface area is 204 Å². The lowest BCUT2D eigenvalue weighted by atomic mass is 10.0. The number of oxazole rings is 1. The van der Waals surface area contributed by atoms with Gasteiger partial charge in [0, 0.05) is 37.3 Å². The van der Waals surface area contributed by atoms with Crippen LogP contribution in [0.25, 0.3) is 0 Å². The summed E-state index contributed by atoms with van der Waals surface area (Å²) in [7, 11) is 1.68. The number of nitrogens with one attached hydrogen (secondary N) is 2. The van der Waals surface area contributed by atoms with Crippen molar-refractivity contribution in [2.45, 2.75) is 39.5 Å². The molecule has 1 saturated heterocycles. The zero-order valence-electron chi connectivity index (χ0n) is 18.2. The molecule has 2 N–H and O–H groups in total. The number of ether oxygens (including phenoxy) is 1. The number of aliphatic imine (C=N–C) groups is 1. The normalized spacial score (nSPS) is 18.4. The molecular formula is C21H30ClFIN5O2. The summed E-state index contributed by atoms with van der Waals surface area (Å²) in [5.41, 5.74) is 1.35. The van der Waals surface area contributed by atoms with Crippen molar-refractivity contribution >= 4 is 41.5 Å². The van der Waals surface area contributed by atoms with Crippen LogP contribution in [0, 0.1) is 19.7 Å². The quantitative estimate of drug-likeness (QED) is 0.315. The lowest BCUT2D eigenvalue weighted by molar-refractivity contribution is -0.0343. The first-order valence-corrected chi connectivity index (χ1v) is 10.4. The van der Waals surface area contributed by atoms with Gasteiger partial charge in [0.25, 0.3) is 0 Å². The van der Waals surface area contributed by atoms with Gasteiger partial charge in [0.2, 0.25) is 5.89 Å². The Bertz CT molecular complexity index is 855. The van der Waals surface area contributed by atoms with Crippen molar-refractivity contribution in [3.05, 3.63) is 51.9 Å². The lowest BCUT2D eigenvalue weighted by Crippen LogP contribution is -2.48. The number of aromatic nitrogens is 1. The maximum absolute atomic E-state index is 14.7. The van der Waals surface area contributed by atoms with Crippen LogP contribution in [0.15, 0.2) is 27.6 Å². The Morgan fingerprint density at radius 2 is 2.16 bits per heavy atom. The minimum absolute atomic E-state index is 0. The molecule has 1 aromatic carbocycles. The number of halogens is 3. The summed E-state index contributed by atoms with van der Waals surface area (Å²) in [6.45, 7) is 8.61. The number of benzene rings is 1. The number of hydrogen-bond acceptors (Lipinski definition) is 5. The van der Waals surface area contributed by atoms with Crippen molar-refractivity contribution in [2.75, 3.05) is 33.3 Å². The molecule has 2 atom stereocenters. The van der Waals surface area contributed by atoms with E-state index in [1.807, 2.05) is 20.8 Å². The molecule has 2 heterocycles. The second-order valence-electron chi connectivity index (χ2n) is 7.38. The summed E-state index contributed by atoms with van der Waals surface area (Å²) in [5, 5.41) is 6.89. The molecule has 1 fully saturated rings. The van der Waals surface area contributed by atoms with E-state index in [9.17, 15) is 4.39 Å². The molecule has 10 heteroatoms. The first-order chi connectivity index (χ1) is 14.4. The SMILES string of the molecule is CN=C(NCc1nc(C)c(C)o1)NCC(c1c(F)cccc1Cl)N1CCOC(C)C1.I. The minimum Gasteiger partial charge on any atom is -0.444 e. The molecule has 0 radical (unpaired) electrons. The monoisotopic (exact) mass is 565 g/mol. The number of hydrogen-bond donors (Lipinski definition) is 2. The summed E-state index contributed by atoms with van der Waals surface area (Å²) in [4.78, 5) is 10.8. The Balaban J connectivity index is 0.00000341. The topological polar surface area (TPSA) is 74.9 Å². The zero-order chi connectivity index (χ0) is 21.7. The largest absolute Gasteiger partial charge is 0.444 e. The molecule has 1 aliphatic rings. The third kappa shape index (κ3) is 6.77. The lowest BCUT2D eigenvalue weighted by Gasteiger charge is -2.38. The van der Waals surface area contributed by atoms with Gasteiger partial charge in [-0.05, 0) is 32.9 Å². The summed E-state index contributed by atoms with van der Waals surface area (Å²) < 4.78 is 26.0. The molecule has 2 unspecified atom stereocenters. The smallest absolute Gasteiger partial charge is 0.214 e. The van der Waals surface area contributed by atoms with E-state index >= 15 is 0 Å². The predicted molar refractivity (Wildman–Crippen MR) is 131 cm³/mol. The highest BCUT2D eigenvalue weighted by atomic mass is 127. The van der Waals surface area contributed by atoms with Gasteiger partial charge in [0.05, 0.1) is 31.0 Å². The van der Waals surface area contributed by atoms with Crippen LogP contribution in [0.5, 0.6) is 0 Å². The first-order valence-electron chi connectivity index (χ1n) is 10.1. The van der Waals surface area contributed by atoms with E-state index in [4.69, 9.17) is 20.8 Å². The van der Waals surface area contributed by atoms with Gasteiger partial charge in [0.15, 0.2) is 5.96 Å². The van der Waals surface area contributed by atoms with E-state index in [-0.39, 0.29) is 41.9 Å². The third-order valence-corrected chi connectivity index (χ3v) is 5.54. The van der Waals surface area contributed by atoms with Gasteiger partial charge in [-0.15, -0.1) is 24.0 Å². The first kappa shape index (κ1) is 25.8. The van der Waals surface area contributed by atoms with Gasteiger partial charge < -0.3 is 19.8 Å². The molecule has 1 aromatic heterocycles. The molecule has 31 heavy (non-hydrogen) atoms. The maximum atomic E-state index is 14.7. The van der Waals surface area contributed by atoms with Crippen LogP contribution in [0.1, 0.15) is 35.9 Å². The fourth-order valence-electron chi connectivity index (χ4n) is 3.56. The standard InChI is InChI=1S/C21H29ClFN5O2.HI/c1-13-12-28(8-9-29-13)18(20-16(22)6-5-7-17(20)23)10-25-21(24-4)26-11-19-27-14(2)15(3)30-19;/h5-7,13,18H,8-12H2,1-4H3,(H2,24,25,26);1H. The van der Waals surface area contributed by atoms with Crippen LogP contribution in [0.3, 0.4) is 0 Å². The van der Waals surface area contributed by atoms with Crippen molar-refractivity contribution in [1.29, 1.82) is 0 Å². The van der Waals surface area contributed by atoms with Crippen molar-refractivity contribution in [2.24, 2.45) is 4.99 Å². The van der Waals surface area contributed by atoms with Crippen LogP contribution in [-0.4, -0.2) is 55.2 Å². The maximum Gasteiger partial charge on any atom is 0.214 e. The van der Waals surface area contributed by atoms with Gasteiger partial charge in [-0.25, -0.2) is 9.37 Å². The summed E-state index contributed by atoms with van der Waals surface area (Å²) >= 11 is 6.40. The second-order valence-corrected chi connectivity index (χ2v) is 7.79. The highest BCUT2D eigenvalue weighted by Gasteiger charge is 2.29. The molecule has 0 aliphatic carbocycles. The Kier molecular flexibility index (Phi) is 9.98. The van der Waals surface area contributed by atoms with Crippen molar-refractivity contribution in [3.8, 4) is 0 Å². The molecule has 3 rings (SSSR count). The number of nitrogens with zero attached hydrogens (tertiary/aromatic N) is 3. The summed E-state index contributed by atoms with van der Waals surface area (Å²) in [6, 6.07) is 4.51. The molecule has 0 spiro atoms. The zero-order valence-corrected chi connectivity index (χ0v) is 21.3. The summed E-state index contributed by atoms with van der Waals surface area (Å²) in [6.07, 6.45) is 0.0701. The van der Waals surface area contributed by atoms with E-state index in [0.717, 1.165) is 11.5 Å². The summed E-state index contributed by atoms with van der Waals surface area (Å²) in [5.74, 6) is 1.64. The highest BCUT2D eigenvalue weighted by Crippen LogP contribution is 2.31. The van der Waals surface area contributed by atoms with Gasteiger partial charge in [-0.3, -0.25) is 9.89 Å². The fourth-order valence-corrected chi connectivity index (χ4v) is 3.85. The molecule has 0 saturated carbocycles. The van der Waals surface area contributed by atoms with Gasteiger partial charge in [0.1, 0.15) is 11.6 Å². The van der Waals surface area contributed by atoms with E-state index in [2.05, 4.69) is 25.5 Å². The van der Waals surface area contributed by atoms with Crippen LogP contribution in [-0.2, 0) is 11.3 Å². The second kappa shape index (κ2) is 12.0. The highest BCUT2D eigenvalue weighted by molar-refractivity contribution is 14.0. The molecule has 0 amide bonds. The van der Waals surface area contributed by atoms with E-state index in [1.165, 1.54) is 6.07 Å². The van der Waals surface area contributed by atoms with Crippen molar-refractivity contribution in [1.82, 2.24) is 20.5 Å². The fraction of sp³-hybridized carbons (Fsp3) is 0.524. The molecule has 1 aliphatic heterocycles. The van der Waals surface area contributed by atoms with E-state index in [0.29, 0.717) is 55.2 Å². The van der Waals surface area contributed by atoms with Gasteiger partial charge >= 0.3 is 0 Å². The van der Waals surface area contributed by atoms with Gasteiger partial charge in [-0.1, -0.05) is 17.7 Å². The van der Waals surface area contributed by atoms with Crippen LogP contribution < -0.4 is 10.6 Å². The molecule has 0 bridgehead atoms. The van der Waals surface area contributed by atoms with E-state index < -0.39 is 0 Å². The molecular weight excluding hydrogens is 536 g/mol. The Hall–Kier alpha value is -1.43. The Morgan fingerprint density at radius 1 is 1.39 bits per heavy atom. The third-order valence-electron chi connectivity index (χ3n) is 5.21. The van der Waals surface area contributed by atoms with Crippen LogP contribution >= 0.6 is 35.6 Å². The number of aryl methyl sites for hydroxylation is 2. The average molecular weight is 566 g/mol. The van der Waals surface area contributed by atoms with Crippen molar-refractivity contribution in [3.63, 3.8) is 0 Å². The van der Waals surface area contributed by atoms with Crippen LogP contribution in [0.4, 0.5) is 4.39 Å². The van der Waals surface area contributed by atoms with Gasteiger partial charge in [-0.2, -0.15) is 0 Å². The number of morpholine rings is 1. The number of rotatable bonds is 6. The molecule has 2 aromatic rings. The number of guanidine groups is 1. The van der Waals surface area contributed by atoms with E-state index in [1.54, 1.807) is 19.2 Å². The molecule has 7 nitrogen and oxygen atoms in total. The Morgan fingerprint density at radius 3 is 2.77 bits per heavy atom. The average Bonchev–Trinajstić information content (AvgIpc) is 3.03. The molecule has 172 valence electrons. The predicted octanol–water partition coefficient (Wildman–Crippen LogP) is 3.83. The van der Waals surface area contributed by atoms with Crippen molar-refractivity contribution < 1.29 is 13.5 Å².